The van der Waals surface area contributed by atoms with Gasteiger partial charge in [-0.3, -0.25) is 0 Å². The van der Waals surface area contributed by atoms with E-state index >= 15 is 0 Å². The number of benzene rings is 1. The maximum absolute atomic E-state index is 6.20. The monoisotopic (exact) mass is 286 g/mol. The lowest BCUT2D eigenvalue weighted by Gasteiger charge is -2.16. The van der Waals surface area contributed by atoms with Gasteiger partial charge < -0.3 is 15.2 Å². The lowest BCUT2D eigenvalue weighted by Crippen LogP contribution is -2.25. The second-order valence-corrected chi connectivity index (χ2v) is 5.61. The van der Waals surface area contributed by atoms with Crippen molar-refractivity contribution in [1.29, 1.82) is 0 Å². The minimum absolute atomic E-state index is 0.108. The van der Waals surface area contributed by atoms with Crippen molar-refractivity contribution in [2.45, 2.75) is 38.1 Å². The van der Waals surface area contributed by atoms with Crippen molar-refractivity contribution in [3.05, 3.63) is 41.8 Å². The molecule has 0 spiro atoms. The highest BCUT2D eigenvalue weighted by Crippen LogP contribution is 2.19. The van der Waals surface area contributed by atoms with Crippen LogP contribution in [0.3, 0.4) is 0 Å². The summed E-state index contributed by atoms with van der Waals surface area (Å²) in [5.74, 6) is 1.33. The molecule has 5 nitrogen and oxygen atoms in total. The van der Waals surface area contributed by atoms with Crippen LogP contribution in [0, 0.1) is 0 Å². The first-order chi connectivity index (χ1) is 10.3. The normalized spacial score (nSPS) is 17.5. The number of nitrogens with zero attached hydrogens (tertiary/aromatic N) is 3. The molecule has 1 saturated heterocycles. The van der Waals surface area contributed by atoms with Crippen molar-refractivity contribution in [1.82, 2.24) is 10.1 Å². The van der Waals surface area contributed by atoms with Crippen LogP contribution in [0.2, 0.25) is 0 Å². The molecule has 3 rings (SSSR count). The Hall–Kier alpha value is -1.88. The molecular weight excluding hydrogens is 264 g/mol. The fourth-order valence-corrected chi connectivity index (χ4v) is 2.73. The van der Waals surface area contributed by atoms with Crippen molar-refractivity contribution < 1.29 is 4.52 Å². The molecule has 1 aromatic heterocycles. The summed E-state index contributed by atoms with van der Waals surface area (Å²) < 4.78 is 5.37. The summed E-state index contributed by atoms with van der Waals surface area (Å²) in [5, 5.41) is 4.11. The Balaban J connectivity index is 1.64. The molecular formula is C16H22N4O. The molecule has 1 atom stereocenters. The number of hydrogen-bond acceptors (Lipinski definition) is 5. The first kappa shape index (κ1) is 14.1. The summed E-state index contributed by atoms with van der Waals surface area (Å²) in [6, 6.07) is 9.91. The predicted octanol–water partition coefficient (Wildman–Crippen LogP) is 2.69. The number of rotatable bonds is 4. The fourth-order valence-electron chi connectivity index (χ4n) is 2.73. The molecule has 1 aliphatic rings. The number of hydrogen-bond donors (Lipinski definition) is 1. The SMILES string of the molecule is NC(Cc1nc(N2CCCCCC2)no1)c1ccccc1. The third kappa shape index (κ3) is 3.61. The van der Waals surface area contributed by atoms with Crippen molar-refractivity contribution in [2.24, 2.45) is 5.73 Å². The van der Waals surface area contributed by atoms with Gasteiger partial charge in [0.25, 0.3) is 5.95 Å². The number of aromatic nitrogens is 2. The summed E-state index contributed by atoms with van der Waals surface area (Å²) in [4.78, 5) is 6.73. The van der Waals surface area contributed by atoms with Crippen LogP contribution in [0.1, 0.15) is 43.2 Å². The van der Waals surface area contributed by atoms with Gasteiger partial charge >= 0.3 is 0 Å². The zero-order chi connectivity index (χ0) is 14.5. The topological polar surface area (TPSA) is 68.2 Å². The van der Waals surface area contributed by atoms with E-state index in [-0.39, 0.29) is 6.04 Å². The lowest BCUT2D eigenvalue weighted by molar-refractivity contribution is 0.369. The van der Waals surface area contributed by atoms with E-state index in [1.54, 1.807) is 0 Å². The Labute approximate surface area is 125 Å². The summed E-state index contributed by atoms with van der Waals surface area (Å²) >= 11 is 0. The highest BCUT2D eigenvalue weighted by atomic mass is 16.5. The number of nitrogens with two attached hydrogens (primary N) is 1. The second-order valence-electron chi connectivity index (χ2n) is 5.61. The van der Waals surface area contributed by atoms with Gasteiger partial charge in [0.2, 0.25) is 5.89 Å². The van der Waals surface area contributed by atoms with Crippen LogP contribution in [-0.2, 0) is 6.42 Å². The minimum Gasteiger partial charge on any atom is -0.338 e. The molecule has 21 heavy (non-hydrogen) atoms. The minimum atomic E-state index is -0.108. The first-order valence-corrected chi connectivity index (χ1v) is 7.71. The summed E-state index contributed by atoms with van der Waals surface area (Å²) in [6.07, 6.45) is 5.56. The fraction of sp³-hybridized carbons (Fsp3) is 0.500. The van der Waals surface area contributed by atoms with Crippen molar-refractivity contribution in [2.75, 3.05) is 18.0 Å². The second kappa shape index (κ2) is 6.72. The smallest absolute Gasteiger partial charge is 0.266 e. The van der Waals surface area contributed by atoms with Crippen LogP contribution in [-0.4, -0.2) is 23.2 Å². The van der Waals surface area contributed by atoms with Crippen LogP contribution in [0.15, 0.2) is 34.9 Å². The van der Waals surface area contributed by atoms with Crippen molar-refractivity contribution in [3.8, 4) is 0 Å². The van der Waals surface area contributed by atoms with Gasteiger partial charge in [0.1, 0.15) is 0 Å². The van der Waals surface area contributed by atoms with Gasteiger partial charge in [-0.1, -0.05) is 43.2 Å². The quantitative estimate of drug-likeness (QED) is 0.936. The van der Waals surface area contributed by atoms with Gasteiger partial charge in [-0.05, 0) is 23.6 Å². The summed E-state index contributed by atoms with van der Waals surface area (Å²) in [7, 11) is 0. The molecule has 112 valence electrons. The Morgan fingerprint density at radius 2 is 1.81 bits per heavy atom. The van der Waals surface area contributed by atoms with Crippen molar-refractivity contribution in [3.63, 3.8) is 0 Å². The van der Waals surface area contributed by atoms with Gasteiger partial charge in [-0.25, -0.2) is 0 Å². The largest absolute Gasteiger partial charge is 0.338 e. The standard InChI is InChI=1S/C16H22N4O/c17-14(13-8-4-3-5-9-13)12-15-18-16(19-21-15)20-10-6-1-2-7-11-20/h3-5,8-9,14H,1-2,6-7,10-12,17H2. The predicted molar refractivity (Wildman–Crippen MR) is 82.1 cm³/mol. The molecule has 1 aliphatic heterocycles. The molecule has 1 fully saturated rings. The van der Waals surface area contributed by atoms with Crippen LogP contribution in [0.5, 0.6) is 0 Å². The third-order valence-corrected chi connectivity index (χ3v) is 3.97. The van der Waals surface area contributed by atoms with E-state index in [1.165, 1.54) is 25.7 Å². The molecule has 1 unspecified atom stereocenters. The van der Waals surface area contributed by atoms with Gasteiger partial charge in [0.15, 0.2) is 0 Å². The van der Waals surface area contributed by atoms with Gasteiger partial charge in [0, 0.05) is 25.6 Å². The van der Waals surface area contributed by atoms with Crippen LogP contribution in [0.25, 0.3) is 0 Å². The molecule has 2 aromatic rings. The van der Waals surface area contributed by atoms with Gasteiger partial charge in [0.05, 0.1) is 0 Å². The van der Waals surface area contributed by atoms with E-state index in [0.717, 1.165) is 18.7 Å². The zero-order valence-electron chi connectivity index (χ0n) is 12.2. The van der Waals surface area contributed by atoms with Crippen LogP contribution >= 0.6 is 0 Å². The molecule has 0 amide bonds. The van der Waals surface area contributed by atoms with Crippen LogP contribution < -0.4 is 10.6 Å². The third-order valence-electron chi connectivity index (χ3n) is 3.97. The van der Waals surface area contributed by atoms with Gasteiger partial charge in [-0.15, -0.1) is 0 Å². The first-order valence-electron chi connectivity index (χ1n) is 7.71. The van der Waals surface area contributed by atoms with E-state index in [1.807, 2.05) is 30.3 Å². The van der Waals surface area contributed by atoms with E-state index in [0.29, 0.717) is 18.3 Å². The Bertz CT molecular complexity index is 546. The van der Waals surface area contributed by atoms with E-state index < -0.39 is 0 Å². The molecule has 1 aromatic carbocycles. The molecule has 2 heterocycles. The average molecular weight is 286 g/mol. The molecule has 5 heteroatoms. The Morgan fingerprint density at radius 3 is 2.52 bits per heavy atom. The molecule has 0 bridgehead atoms. The average Bonchev–Trinajstić information content (AvgIpc) is 2.81. The van der Waals surface area contributed by atoms with E-state index in [2.05, 4.69) is 15.0 Å². The summed E-state index contributed by atoms with van der Waals surface area (Å²) in [5.41, 5.74) is 7.29. The zero-order valence-corrected chi connectivity index (χ0v) is 12.2. The van der Waals surface area contributed by atoms with Crippen molar-refractivity contribution >= 4 is 5.95 Å². The highest BCUT2D eigenvalue weighted by molar-refractivity contribution is 5.28. The van der Waals surface area contributed by atoms with E-state index in [9.17, 15) is 0 Å². The summed E-state index contributed by atoms with van der Waals surface area (Å²) in [6.45, 7) is 2.04. The maximum Gasteiger partial charge on any atom is 0.266 e. The Kier molecular flexibility index (Phi) is 4.50. The molecule has 2 N–H and O–H groups in total. The number of anilines is 1. The Morgan fingerprint density at radius 1 is 1.10 bits per heavy atom. The molecule has 0 saturated carbocycles. The molecule has 0 aliphatic carbocycles. The highest BCUT2D eigenvalue weighted by Gasteiger charge is 2.17. The van der Waals surface area contributed by atoms with E-state index in [4.69, 9.17) is 10.3 Å². The maximum atomic E-state index is 6.20. The van der Waals surface area contributed by atoms with Crippen LogP contribution in [0.4, 0.5) is 5.95 Å². The van der Waals surface area contributed by atoms with Gasteiger partial charge in [-0.2, -0.15) is 4.98 Å². The lowest BCUT2D eigenvalue weighted by atomic mass is 10.1. The molecule has 0 radical (unpaired) electrons.